The summed E-state index contributed by atoms with van der Waals surface area (Å²) in [7, 11) is 1.64. The number of amides is 1. The smallest absolute Gasteiger partial charge is 0.248 e. The molecule has 4 nitrogen and oxygen atoms in total. The van der Waals surface area contributed by atoms with Crippen LogP contribution < -0.4 is 10.5 Å². The Morgan fingerprint density at radius 1 is 1.30 bits per heavy atom. The van der Waals surface area contributed by atoms with E-state index in [1.165, 1.54) is 0 Å². The van der Waals surface area contributed by atoms with Crippen molar-refractivity contribution in [3.05, 3.63) is 59.4 Å². The van der Waals surface area contributed by atoms with Crippen LogP contribution in [-0.2, 0) is 11.5 Å². The van der Waals surface area contributed by atoms with Gasteiger partial charge in [0.05, 0.1) is 12.8 Å². The van der Waals surface area contributed by atoms with Crippen molar-refractivity contribution in [1.29, 1.82) is 0 Å². The molecule has 1 aromatic carbocycles. The highest BCUT2D eigenvalue weighted by atomic mass is 32.2. The van der Waals surface area contributed by atoms with Crippen molar-refractivity contribution in [2.24, 2.45) is 5.73 Å². The summed E-state index contributed by atoms with van der Waals surface area (Å²) < 4.78 is 5.16. The second-order valence-corrected chi connectivity index (χ2v) is 5.23. The summed E-state index contributed by atoms with van der Waals surface area (Å²) in [6.45, 7) is 0. The molecule has 2 N–H and O–H groups in total. The van der Waals surface area contributed by atoms with E-state index in [0.29, 0.717) is 5.56 Å². The number of thioether (sulfide) groups is 1. The predicted octanol–water partition coefficient (Wildman–Crippen LogP) is 2.62. The third-order valence-corrected chi connectivity index (χ3v) is 3.79. The fourth-order valence-corrected chi connectivity index (χ4v) is 2.63. The Balaban J connectivity index is 1.92. The molecule has 1 heterocycles. The molecule has 104 valence electrons. The summed E-state index contributed by atoms with van der Waals surface area (Å²) in [5, 5.41) is 0. The van der Waals surface area contributed by atoms with Crippen LogP contribution in [0.1, 0.15) is 21.6 Å². The van der Waals surface area contributed by atoms with Gasteiger partial charge in [0.2, 0.25) is 5.91 Å². The van der Waals surface area contributed by atoms with Gasteiger partial charge >= 0.3 is 0 Å². The van der Waals surface area contributed by atoms with Crippen LogP contribution >= 0.6 is 11.8 Å². The highest BCUT2D eigenvalue weighted by Gasteiger charge is 2.02. The maximum atomic E-state index is 11.1. The largest absolute Gasteiger partial charge is 0.497 e. The zero-order valence-corrected chi connectivity index (χ0v) is 12.0. The van der Waals surface area contributed by atoms with E-state index in [4.69, 9.17) is 10.5 Å². The quantitative estimate of drug-likeness (QED) is 0.887. The SMILES string of the molecule is COc1ccnc(CSCc2cccc(C(N)=O)c2)c1. The molecule has 20 heavy (non-hydrogen) atoms. The number of carbonyl (C=O) groups is 1. The van der Waals surface area contributed by atoms with Gasteiger partial charge in [0.15, 0.2) is 0 Å². The van der Waals surface area contributed by atoms with Crippen LogP contribution in [-0.4, -0.2) is 18.0 Å². The number of hydrogen-bond acceptors (Lipinski definition) is 4. The van der Waals surface area contributed by atoms with Crippen LogP contribution in [0.3, 0.4) is 0 Å². The first-order valence-electron chi connectivity index (χ1n) is 6.14. The van der Waals surface area contributed by atoms with Gasteiger partial charge in [-0.3, -0.25) is 9.78 Å². The molecule has 0 aliphatic rings. The first-order valence-corrected chi connectivity index (χ1v) is 7.30. The Hall–Kier alpha value is -2.01. The summed E-state index contributed by atoms with van der Waals surface area (Å²) in [6, 6.07) is 11.1. The minimum absolute atomic E-state index is 0.397. The number of rotatable bonds is 6. The van der Waals surface area contributed by atoms with Crippen LogP contribution in [0, 0.1) is 0 Å². The van der Waals surface area contributed by atoms with Crippen LogP contribution in [0.4, 0.5) is 0 Å². The molecule has 2 rings (SSSR count). The summed E-state index contributed by atoms with van der Waals surface area (Å²) in [5.74, 6) is 2.01. The number of primary amides is 1. The third-order valence-electron chi connectivity index (χ3n) is 2.75. The predicted molar refractivity (Wildman–Crippen MR) is 80.7 cm³/mol. The second kappa shape index (κ2) is 6.96. The zero-order valence-electron chi connectivity index (χ0n) is 11.2. The minimum atomic E-state index is -0.397. The topological polar surface area (TPSA) is 65.2 Å². The molecule has 0 fully saturated rings. The van der Waals surface area contributed by atoms with Gasteiger partial charge in [0, 0.05) is 29.3 Å². The summed E-state index contributed by atoms with van der Waals surface area (Å²) in [6.07, 6.45) is 1.74. The van der Waals surface area contributed by atoms with E-state index in [0.717, 1.165) is 28.5 Å². The average molecular weight is 288 g/mol. The molecule has 1 aromatic heterocycles. The maximum Gasteiger partial charge on any atom is 0.248 e. The highest BCUT2D eigenvalue weighted by molar-refractivity contribution is 7.97. The molecule has 0 unspecified atom stereocenters. The van der Waals surface area contributed by atoms with Crippen molar-refractivity contribution in [2.45, 2.75) is 11.5 Å². The lowest BCUT2D eigenvalue weighted by atomic mass is 10.1. The summed E-state index contributed by atoms with van der Waals surface area (Å²) in [4.78, 5) is 15.4. The summed E-state index contributed by atoms with van der Waals surface area (Å²) in [5.41, 5.74) is 7.86. The fraction of sp³-hybridized carbons (Fsp3) is 0.200. The van der Waals surface area contributed by atoms with Gasteiger partial charge in [-0.15, -0.1) is 0 Å². The van der Waals surface area contributed by atoms with Crippen LogP contribution in [0.5, 0.6) is 5.75 Å². The molecule has 5 heteroatoms. The Bertz CT molecular complexity index is 602. The minimum Gasteiger partial charge on any atom is -0.497 e. The Morgan fingerprint density at radius 2 is 2.15 bits per heavy atom. The third kappa shape index (κ3) is 3.99. The van der Waals surface area contributed by atoms with Gasteiger partial charge in [-0.25, -0.2) is 0 Å². The normalized spacial score (nSPS) is 10.2. The van der Waals surface area contributed by atoms with Crippen molar-refractivity contribution < 1.29 is 9.53 Å². The maximum absolute atomic E-state index is 11.1. The van der Waals surface area contributed by atoms with Crippen molar-refractivity contribution >= 4 is 17.7 Å². The van der Waals surface area contributed by atoms with E-state index in [1.807, 2.05) is 30.3 Å². The molecule has 0 aliphatic heterocycles. The first kappa shape index (κ1) is 14.4. The van der Waals surface area contributed by atoms with Gasteiger partial charge < -0.3 is 10.5 Å². The number of hydrogen-bond donors (Lipinski definition) is 1. The monoisotopic (exact) mass is 288 g/mol. The molecule has 0 radical (unpaired) electrons. The Morgan fingerprint density at radius 3 is 2.90 bits per heavy atom. The fourth-order valence-electron chi connectivity index (χ4n) is 1.75. The molecule has 1 amide bonds. The highest BCUT2D eigenvalue weighted by Crippen LogP contribution is 2.19. The van der Waals surface area contributed by atoms with E-state index in [1.54, 1.807) is 31.1 Å². The van der Waals surface area contributed by atoms with Crippen molar-refractivity contribution in [2.75, 3.05) is 7.11 Å². The molecule has 0 bridgehead atoms. The summed E-state index contributed by atoms with van der Waals surface area (Å²) >= 11 is 1.73. The lowest BCUT2D eigenvalue weighted by molar-refractivity contribution is 0.1000. The van der Waals surface area contributed by atoms with Gasteiger partial charge in [0.1, 0.15) is 5.75 Å². The van der Waals surface area contributed by atoms with E-state index >= 15 is 0 Å². The zero-order chi connectivity index (χ0) is 14.4. The molecule has 0 saturated heterocycles. The number of aromatic nitrogens is 1. The standard InChI is InChI=1S/C15H16N2O2S/c1-19-14-5-6-17-13(8-14)10-20-9-11-3-2-4-12(7-11)15(16)18/h2-8H,9-10H2,1H3,(H2,16,18). The number of ether oxygens (including phenoxy) is 1. The second-order valence-electron chi connectivity index (χ2n) is 4.24. The molecule has 0 aliphatic carbocycles. The number of benzene rings is 1. The molecule has 2 aromatic rings. The molecular formula is C15H16N2O2S. The lowest BCUT2D eigenvalue weighted by Crippen LogP contribution is -2.10. The number of nitrogens with two attached hydrogens (primary N) is 1. The van der Waals surface area contributed by atoms with Crippen molar-refractivity contribution in [3.8, 4) is 5.75 Å². The van der Waals surface area contributed by atoms with Gasteiger partial charge in [-0.2, -0.15) is 11.8 Å². The van der Waals surface area contributed by atoms with E-state index in [-0.39, 0.29) is 0 Å². The number of methoxy groups -OCH3 is 1. The molecule has 0 spiro atoms. The average Bonchev–Trinajstić information content (AvgIpc) is 2.48. The van der Waals surface area contributed by atoms with Crippen molar-refractivity contribution in [3.63, 3.8) is 0 Å². The van der Waals surface area contributed by atoms with E-state index < -0.39 is 5.91 Å². The van der Waals surface area contributed by atoms with E-state index in [9.17, 15) is 4.79 Å². The van der Waals surface area contributed by atoms with Crippen LogP contribution in [0.2, 0.25) is 0 Å². The van der Waals surface area contributed by atoms with E-state index in [2.05, 4.69) is 4.98 Å². The number of carbonyl (C=O) groups excluding carboxylic acids is 1. The van der Waals surface area contributed by atoms with Crippen LogP contribution in [0.25, 0.3) is 0 Å². The van der Waals surface area contributed by atoms with Gasteiger partial charge in [0.25, 0.3) is 0 Å². The Labute approximate surface area is 122 Å². The number of pyridine rings is 1. The molecular weight excluding hydrogens is 272 g/mol. The van der Waals surface area contributed by atoms with Gasteiger partial charge in [-0.1, -0.05) is 12.1 Å². The first-order chi connectivity index (χ1) is 9.69. The number of nitrogens with zero attached hydrogens (tertiary/aromatic N) is 1. The van der Waals surface area contributed by atoms with Crippen molar-refractivity contribution in [1.82, 2.24) is 4.98 Å². The lowest BCUT2D eigenvalue weighted by Gasteiger charge is -2.05. The molecule has 0 atom stereocenters. The van der Waals surface area contributed by atoms with Gasteiger partial charge in [-0.05, 0) is 23.8 Å². The van der Waals surface area contributed by atoms with Crippen LogP contribution in [0.15, 0.2) is 42.6 Å². The Kier molecular flexibility index (Phi) is 5.01. The molecule has 0 saturated carbocycles.